The first-order valence-corrected chi connectivity index (χ1v) is 5.22. The predicted octanol–water partition coefficient (Wildman–Crippen LogP) is 0.818. The van der Waals surface area contributed by atoms with Crippen LogP contribution in [-0.2, 0) is 6.54 Å². The van der Waals surface area contributed by atoms with Gasteiger partial charge in [0.2, 0.25) is 0 Å². The van der Waals surface area contributed by atoms with E-state index in [-0.39, 0.29) is 23.6 Å². The lowest BCUT2D eigenvalue weighted by Crippen LogP contribution is -2.23. The molecule has 6 heteroatoms. The number of rotatable bonds is 3. The second kappa shape index (κ2) is 5.13. The fourth-order valence-electron chi connectivity index (χ4n) is 1.44. The maximum atomic E-state index is 11.8. The van der Waals surface area contributed by atoms with E-state index in [1.54, 1.807) is 12.3 Å². The number of hydrogen-bond donors (Lipinski definition) is 3. The minimum Gasteiger partial charge on any atom is -0.507 e. The number of phenolic OH excluding ortho intramolecular Hbond substituents is 2. The summed E-state index contributed by atoms with van der Waals surface area (Å²) in [6, 6.07) is 5.77. The summed E-state index contributed by atoms with van der Waals surface area (Å²) < 4.78 is 0. The summed E-state index contributed by atoms with van der Waals surface area (Å²) in [5.74, 6) is -1.10. The summed E-state index contributed by atoms with van der Waals surface area (Å²) in [6.45, 7) is 0.190. The zero-order valence-electron chi connectivity index (χ0n) is 9.37. The fraction of sp³-hybridized carbons (Fsp3) is 0.0833. The van der Waals surface area contributed by atoms with Gasteiger partial charge < -0.3 is 15.5 Å². The van der Waals surface area contributed by atoms with Crippen molar-refractivity contribution in [2.24, 2.45) is 0 Å². The number of aromatic hydroxyl groups is 2. The van der Waals surface area contributed by atoms with Crippen molar-refractivity contribution in [1.29, 1.82) is 0 Å². The van der Waals surface area contributed by atoms with E-state index in [2.05, 4.69) is 15.3 Å². The first kappa shape index (κ1) is 11.8. The molecule has 92 valence electrons. The van der Waals surface area contributed by atoms with Gasteiger partial charge in [0.05, 0.1) is 12.2 Å². The highest BCUT2D eigenvalue weighted by Crippen LogP contribution is 2.25. The molecule has 0 aliphatic rings. The number of nitrogens with zero attached hydrogens (tertiary/aromatic N) is 2. The van der Waals surface area contributed by atoms with Gasteiger partial charge in [-0.15, -0.1) is 0 Å². The van der Waals surface area contributed by atoms with Crippen molar-refractivity contribution >= 4 is 5.91 Å². The SMILES string of the molecule is O=C(NCc1ccncn1)c1c(O)cccc1O. The number of amides is 1. The Kier molecular flexibility index (Phi) is 3.38. The Balaban J connectivity index is 2.09. The smallest absolute Gasteiger partial charge is 0.259 e. The van der Waals surface area contributed by atoms with E-state index in [9.17, 15) is 15.0 Å². The number of nitrogens with one attached hydrogen (secondary N) is 1. The molecular weight excluding hydrogens is 234 g/mol. The number of carbonyl (C=O) groups is 1. The molecule has 3 N–H and O–H groups in total. The molecule has 1 aromatic heterocycles. The molecule has 0 aliphatic heterocycles. The molecule has 0 bridgehead atoms. The summed E-state index contributed by atoms with van der Waals surface area (Å²) in [7, 11) is 0. The summed E-state index contributed by atoms with van der Waals surface area (Å²) in [4.78, 5) is 19.5. The lowest BCUT2D eigenvalue weighted by atomic mass is 10.1. The van der Waals surface area contributed by atoms with Crippen molar-refractivity contribution in [1.82, 2.24) is 15.3 Å². The molecule has 0 radical (unpaired) electrons. The first-order chi connectivity index (χ1) is 8.68. The van der Waals surface area contributed by atoms with Crippen LogP contribution in [0.5, 0.6) is 11.5 Å². The predicted molar refractivity (Wildman–Crippen MR) is 63.0 cm³/mol. The third-order valence-corrected chi connectivity index (χ3v) is 2.32. The number of hydrogen-bond acceptors (Lipinski definition) is 5. The molecule has 2 aromatic rings. The zero-order valence-corrected chi connectivity index (χ0v) is 9.37. The molecular formula is C12H11N3O3. The van der Waals surface area contributed by atoms with E-state index in [1.165, 1.54) is 24.5 Å². The average molecular weight is 245 g/mol. The largest absolute Gasteiger partial charge is 0.507 e. The van der Waals surface area contributed by atoms with Crippen LogP contribution in [0.25, 0.3) is 0 Å². The topological polar surface area (TPSA) is 95.3 Å². The van der Waals surface area contributed by atoms with Gasteiger partial charge in [0.1, 0.15) is 23.4 Å². The van der Waals surface area contributed by atoms with Gasteiger partial charge in [-0.05, 0) is 18.2 Å². The van der Waals surface area contributed by atoms with Crippen molar-refractivity contribution in [2.75, 3.05) is 0 Å². The second-order valence-electron chi connectivity index (χ2n) is 3.55. The average Bonchev–Trinajstić information content (AvgIpc) is 2.37. The molecule has 0 unspecified atom stereocenters. The lowest BCUT2D eigenvalue weighted by molar-refractivity contribution is 0.0945. The van der Waals surface area contributed by atoms with E-state index in [1.807, 2.05) is 0 Å². The Morgan fingerprint density at radius 2 is 1.94 bits per heavy atom. The quantitative estimate of drug-likeness (QED) is 0.744. The Morgan fingerprint density at radius 1 is 1.22 bits per heavy atom. The summed E-state index contributed by atoms with van der Waals surface area (Å²) >= 11 is 0. The molecule has 6 nitrogen and oxygen atoms in total. The third-order valence-electron chi connectivity index (χ3n) is 2.32. The van der Waals surface area contributed by atoms with Gasteiger partial charge in [-0.1, -0.05) is 6.07 Å². The maximum absolute atomic E-state index is 11.8. The fourth-order valence-corrected chi connectivity index (χ4v) is 1.44. The second-order valence-corrected chi connectivity index (χ2v) is 3.55. The van der Waals surface area contributed by atoms with Gasteiger partial charge in [-0.25, -0.2) is 9.97 Å². The number of phenols is 2. The molecule has 2 rings (SSSR count). The zero-order chi connectivity index (χ0) is 13.0. The Morgan fingerprint density at radius 3 is 2.56 bits per heavy atom. The molecule has 0 aliphatic carbocycles. The highest BCUT2D eigenvalue weighted by Gasteiger charge is 2.15. The van der Waals surface area contributed by atoms with Crippen LogP contribution in [0.2, 0.25) is 0 Å². The van der Waals surface area contributed by atoms with Gasteiger partial charge >= 0.3 is 0 Å². The van der Waals surface area contributed by atoms with Crippen molar-refractivity contribution in [2.45, 2.75) is 6.54 Å². The van der Waals surface area contributed by atoms with Crippen LogP contribution in [0.15, 0.2) is 36.8 Å². The van der Waals surface area contributed by atoms with E-state index < -0.39 is 5.91 Å². The molecule has 0 saturated carbocycles. The number of carbonyl (C=O) groups excluding carboxylic acids is 1. The van der Waals surface area contributed by atoms with E-state index in [0.717, 1.165) is 0 Å². The van der Waals surface area contributed by atoms with Crippen LogP contribution in [0, 0.1) is 0 Å². The Labute approximate surface area is 103 Å². The lowest BCUT2D eigenvalue weighted by Gasteiger charge is -2.07. The number of aromatic nitrogens is 2. The minimum absolute atomic E-state index is 0.147. The molecule has 0 saturated heterocycles. The van der Waals surface area contributed by atoms with Crippen molar-refractivity contribution in [3.63, 3.8) is 0 Å². The normalized spacial score (nSPS) is 10.0. The van der Waals surface area contributed by atoms with Crippen molar-refractivity contribution in [3.8, 4) is 11.5 Å². The molecule has 1 amide bonds. The molecule has 1 heterocycles. The first-order valence-electron chi connectivity index (χ1n) is 5.22. The maximum Gasteiger partial charge on any atom is 0.259 e. The molecule has 1 aromatic carbocycles. The van der Waals surface area contributed by atoms with Crippen LogP contribution < -0.4 is 5.32 Å². The molecule has 0 atom stereocenters. The van der Waals surface area contributed by atoms with E-state index >= 15 is 0 Å². The van der Waals surface area contributed by atoms with Gasteiger partial charge in [-0.3, -0.25) is 4.79 Å². The number of benzene rings is 1. The minimum atomic E-state index is -0.566. The Bertz CT molecular complexity index is 537. The molecule has 0 spiro atoms. The summed E-state index contributed by atoms with van der Waals surface area (Å²) in [5, 5.41) is 21.6. The van der Waals surface area contributed by atoms with Crippen molar-refractivity contribution in [3.05, 3.63) is 48.0 Å². The van der Waals surface area contributed by atoms with Crippen LogP contribution in [0.1, 0.15) is 16.1 Å². The highest BCUT2D eigenvalue weighted by molar-refractivity contribution is 5.99. The Hall–Kier alpha value is -2.63. The van der Waals surface area contributed by atoms with Gasteiger partial charge in [-0.2, -0.15) is 0 Å². The molecule has 0 fully saturated rings. The van der Waals surface area contributed by atoms with Gasteiger partial charge in [0.25, 0.3) is 5.91 Å². The van der Waals surface area contributed by atoms with Crippen LogP contribution in [0.3, 0.4) is 0 Å². The molecule has 18 heavy (non-hydrogen) atoms. The monoisotopic (exact) mass is 245 g/mol. The third kappa shape index (κ3) is 2.54. The van der Waals surface area contributed by atoms with Gasteiger partial charge in [0, 0.05) is 6.20 Å². The summed E-state index contributed by atoms with van der Waals surface area (Å²) in [5.41, 5.74) is 0.486. The van der Waals surface area contributed by atoms with Crippen LogP contribution in [-0.4, -0.2) is 26.1 Å². The van der Waals surface area contributed by atoms with E-state index in [4.69, 9.17) is 0 Å². The summed E-state index contributed by atoms with van der Waals surface area (Å²) in [6.07, 6.45) is 2.94. The highest BCUT2D eigenvalue weighted by atomic mass is 16.3. The standard InChI is InChI=1S/C12H11N3O3/c16-9-2-1-3-10(17)11(9)12(18)14-6-8-4-5-13-7-15-8/h1-5,7,16-17H,6H2,(H,14,18). The van der Waals surface area contributed by atoms with Crippen molar-refractivity contribution < 1.29 is 15.0 Å². The van der Waals surface area contributed by atoms with E-state index in [0.29, 0.717) is 5.69 Å². The van der Waals surface area contributed by atoms with Gasteiger partial charge in [0.15, 0.2) is 0 Å². The van der Waals surface area contributed by atoms with Crippen LogP contribution in [0.4, 0.5) is 0 Å². The van der Waals surface area contributed by atoms with Crippen LogP contribution >= 0.6 is 0 Å².